The molecule has 0 saturated heterocycles. The first-order valence-corrected chi connectivity index (χ1v) is 9.60. The van der Waals surface area contributed by atoms with Crippen LogP contribution in [0.3, 0.4) is 0 Å². The molecule has 134 valence electrons. The normalized spacial score (nSPS) is 13.1. The highest BCUT2D eigenvalue weighted by Gasteiger charge is 2.25. The number of ether oxygens (including phenoxy) is 1. The van der Waals surface area contributed by atoms with Crippen LogP contribution in [0, 0.1) is 3.57 Å². The summed E-state index contributed by atoms with van der Waals surface area (Å²) in [6, 6.07) is 17.3. The van der Waals surface area contributed by atoms with Crippen molar-refractivity contribution < 1.29 is 14.6 Å². The number of aliphatic hydroxyl groups is 1. The number of unbranched alkanes of at least 4 members (excludes halogenated alkanes) is 1. The molecule has 0 unspecified atom stereocenters. The first-order valence-electron chi connectivity index (χ1n) is 8.52. The maximum Gasteiger partial charge on any atom is 0.407 e. The standard InChI is InChI=1S/C20H24INO3/c1-2-3-13-18(19(23)16-11-7-8-12-17(16)21)25-20(24)22-14-15-9-5-4-6-10-15/h4-12,18-19,23H,2-3,13-14H2,1H3,(H,22,24)/t18-,19-/m0/s1. The van der Waals surface area contributed by atoms with Crippen molar-refractivity contribution in [3.63, 3.8) is 0 Å². The van der Waals surface area contributed by atoms with Gasteiger partial charge in [0.2, 0.25) is 0 Å². The topological polar surface area (TPSA) is 58.6 Å². The van der Waals surface area contributed by atoms with Crippen molar-refractivity contribution in [2.75, 3.05) is 0 Å². The molecule has 5 heteroatoms. The summed E-state index contributed by atoms with van der Waals surface area (Å²) >= 11 is 2.19. The number of amides is 1. The molecule has 0 aliphatic rings. The van der Waals surface area contributed by atoms with E-state index in [1.807, 2.05) is 54.6 Å². The second kappa shape index (κ2) is 10.4. The van der Waals surface area contributed by atoms with E-state index >= 15 is 0 Å². The van der Waals surface area contributed by atoms with Gasteiger partial charge in [-0.25, -0.2) is 4.79 Å². The molecule has 2 atom stereocenters. The second-order valence-electron chi connectivity index (χ2n) is 5.89. The molecule has 2 N–H and O–H groups in total. The van der Waals surface area contributed by atoms with E-state index in [0.29, 0.717) is 13.0 Å². The van der Waals surface area contributed by atoms with E-state index in [1.54, 1.807) is 0 Å². The van der Waals surface area contributed by atoms with Gasteiger partial charge in [0.05, 0.1) is 0 Å². The van der Waals surface area contributed by atoms with E-state index in [9.17, 15) is 9.90 Å². The lowest BCUT2D eigenvalue weighted by Gasteiger charge is -2.24. The minimum absolute atomic E-state index is 0.402. The summed E-state index contributed by atoms with van der Waals surface area (Å²) in [5, 5.41) is 13.5. The van der Waals surface area contributed by atoms with Crippen LogP contribution in [0.4, 0.5) is 4.79 Å². The van der Waals surface area contributed by atoms with Gasteiger partial charge < -0.3 is 15.2 Å². The first kappa shape index (κ1) is 19.7. The Labute approximate surface area is 162 Å². The molecular weight excluding hydrogens is 429 g/mol. The lowest BCUT2D eigenvalue weighted by Crippen LogP contribution is -2.32. The van der Waals surface area contributed by atoms with E-state index in [-0.39, 0.29) is 0 Å². The molecule has 0 fully saturated rings. The fourth-order valence-electron chi connectivity index (χ4n) is 2.55. The monoisotopic (exact) mass is 453 g/mol. The molecule has 2 rings (SSSR count). The number of benzene rings is 2. The van der Waals surface area contributed by atoms with Gasteiger partial charge >= 0.3 is 6.09 Å². The van der Waals surface area contributed by atoms with Crippen LogP contribution in [-0.2, 0) is 11.3 Å². The number of alkyl carbamates (subject to hydrolysis) is 1. The summed E-state index contributed by atoms with van der Waals surface area (Å²) in [5.41, 5.74) is 1.79. The Kier molecular flexibility index (Phi) is 8.21. The summed E-state index contributed by atoms with van der Waals surface area (Å²) in [6.45, 7) is 2.48. The average Bonchev–Trinajstić information content (AvgIpc) is 2.64. The summed E-state index contributed by atoms with van der Waals surface area (Å²) < 4.78 is 6.50. The zero-order chi connectivity index (χ0) is 18.1. The van der Waals surface area contributed by atoms with Gasteiger partial charge in [-0.2, -0.15) is 0 Å². The van der Waals surface area contributed by atoms with E-state index in [2.05, 4.69) is 34.8 Å². The fourth-order valence-corrected chi connectivity index (χ4v) is 3.26. The lowest BCUT2D eigenvalue weighted by atomic mass is 10.0. The number of carbonyl (C=O) groups is 1. The van der Waals surface area contributed by atoms with E-state index in [0.717, 1.165) is 27.5 Å². The first-order chi connectivity index (χ1) is 12.1. The summed E-state index contributed by atoms with van der Waals surface area (Å²) in [6.07, 6.45) is 0.589. The minimum atomic E-state index is -0.831. The Balaban J connectivity index is 1.99. The van der Waals surface area contributed by atoms with Gasteiger partial charge in [-0.15, -0.1) is 0 Å². The Morgan fingerprint density at radius 1 is 1.16 bits per heavy atom. The second-order valence-corrected chi connectivity index (χ2v) is 7.05. The largest absolute Gasteiger partial charge is 0.443 e. The van der Waals surface area contributed by atoms with Crippen LogP contribution in [0.2, 0.25) is 0 Å². The highest BCUT2D eigenvalue weighted by Crippen LogP contribution is 2.27. The molecule has 0 saturated carbocycles. The number of hydrogen-bond acceptors (Lipinski definition) is 3. The average molecular weight is 453 g/mol. The molecule has 0 aromatic heterocycles. The molecule has 0 aliphatic heterocycles. The smallest absolute Gasteiger partial charge is 0.407 e. The predicted molar refractivity (Wildman–Crippen MR) is 107 cm³/mol. The number of aliphatic hydroxyl groups excluding tert-OH is 1. The molecule has 0 aliphatic carbocycles. The van der Waals surface area contributed by atoms with Crippen molar-refractivity contribution in [1.82, 2.24) is 5.32 Å². The summed E-state index contributed by atoms with van der Waals surface area (Å²) in [5.74, 6) is 0. The molecule has 0 bridgehead atoms. The maximum atomic E-state index is 12.2. The minimum Gasteiger partial charge on any atom is -0.443 e. The van der Waals surface area contributed by atoms with Gasteiger partial charge in [0.25, 0.3) is 0 Å². The Bertz CT molecular complexity index is 663. The molecular formula is C20H24INO3. The fraction of sp³-hybridized carbons (Fsp3) is 0.350. The highest BCUT2D eigenvalue weighted by molar-refractivity contribution is 14.1. The highest BCUT2D eigenvalue weighted by atomic mass is 127. The van der Waals surface area contributed by atoms with Crippen molar-refractivity contribution in [1.29, 1.82) is 0 Å². The number of rotatable bonds is 8. The van der Waals surface area contributed by atoms with Crippen LogP contribution < -0.4 is 5.32 Å². The van der Waals surface area contributed by atoms with Gasteiger partial charge in [0.1, 0.15) is 12.2 Å². The predicted octanol–water partition coefficient (Wildman–Crippen LogP) is 4.81. The SMILES string of the molecule is CCCC[C@H](OC(=O)NCc1ccccc1)[C@@H](O)c1ccccc1I. The van der Waals surface area contributed by atoms with Crippen molar-refractivity contribution in [3.05, 3.63) is 69.3 Å². The van der Waals surface area contributed by atoms with Crippen LogP contribution >= 0.6 is 22.6 Å². The number of nitrogens with one attached hydrogen (secondary N) is 1. The third-order valence-electron chi connectivity index (χ3n) is 3.96. The molecule has 1 amide bonds. The Hall–Kier alpha value is -1.60. The molecule has 2 aromatic carbocycles. The van der Waals surface area contributed by atoms with Crippen LogP contribution in [-0.4, -0.2) is 17.3 Å². The van der Waals surface area contributed by atoms with Gasteiger partial charge in [0.15, 0.2) is 0 Å². The Morgan fingerprint density at radius 3 is 2.52 bits per heavy atom. The zero-order valence-electron chi connectivity index (χ0n) is 14.3. The number of carbonyl (C=O) groups excluding carboxylic acids is 1. The number of halogens is 1. The third-order valence-corrected chi connectivity index (χ3v) is 4.94. The quantitative estimate of drug-likeness (QED) is 0.565. The molecule has 2 aromatic rings. The van der Waals surface area contributed by atoms with Gasteiger partial charge in [-0.05, 0) is 52.6 Å². The van der Waals surface area contributed by atoms with Crippen LogP contribution in [0.1, 0.15) is 43.4 Å². The van der Waals surface area contributed by atoms with Crippen LogP contribution in [0.25, 0.3) is 0 Å². The van der Waals surface area contributed by atoms with Crippen molar-refractivity contribution >= 4 is 28.7 Å². The van der Waals surface area contributed by atoms with Crippen molar-refractivity contribution in [2.45, 2.75) is 44.9 Å². The maximum absolute atomic E-state index is 12.2. The molecule has 4 nitrogen and oxygen atoms in total. The molecule has 25 heavy (non-hydrogen) atoms. The van der Waals surface area contributed by atoms with E-state index < -0.39 is 18.3 Å². The van der Waals surface area contributed by atoms with Gasteiger partial charge in [0, 0.05) is 10.1 Å². The summed E-state index contributed by atoms with van der Waals surface area (Å²) in [7, 11) is 0. The summed E-state index contributed by atoms with van der Waals surface area (Å²) in [4.78, 5) is 12.2. The van der Waals surface area contributed by atoms with Gasteiger partial charge in [-0.3, -0.25) is 0 Å². The lowest BCUT2D eigenvalue weighted by molar-refractivity contribution is -0.00440. The molecule has 0 heterocycles. The van der Waals surface area contributed by atoms with Crippen LogP contribution in [0.5, 0.6) is 0 Å². The third kappa shape index (κ3) is 6.32. The van der Waals surface area contributed by atoms with Crippen molar-refractivity contribution in [3.8, 4) is 0 Å². The molecule has 0 radical (unpaired) electrons. The Morgan fingerprint density at radius 2 is 1.84 bits per heavy atom. The van der Waals surface area contributed by atoms with Crippen LogP contribution in [0.15, 0.2) is 54.6 Å². The van der Waals surface area contributed by atoms with Crippen molar-refractivity contribution in [2.24, 2.45) is 0 Å². The van der Waals surface area contributed by atoms with E-state index in [4.69, 9.17) is 4.74 Å². The molecule has 0 spiro atoms. The number of hydrogen-bond donors (Lipinski definition) is 2. The van der Waals surface area contributed by atoms with E-state index in [1.165, 1.54) is 0 Å². The van der Waals surface area contributed by atoms with Gasteiger partial charge in [-0.1, -0.05) is 61.9 Å². The zero-order valence-corrected chi connectivity index (χ0v) is 16.5.